The van der Waals surface area contributed by atoms with E-state index in [1.165, 1.54) is 25.7 Å². The lowest BCUT2D eigenvalue weighted by Gasteiger charge is -2.41. The Hall–Kier alpha value is -1.20. The molecule has 5 nitrogen and oxygen atoms in total. The zero-order valence-electron chi connectivity index (χ0n) is 19.4. The Kier molecular flexibility index (Phi) is 10.5. The van der Waals surface area contributed by atoms with Crippen LogP contribution in [-0.4, -0.2) is 29.4 Å². The first kappa shape index (κ1) is 25.1. The number of aromatic amines is 1. The van der Waals surface area contributed by atoms with E-state index in [-0.39, 0.29) is 18.8 Å². The largest absolute Gasteiger partial charge is 0.458 e. The normalized spacial score (nSPS) is 25.1. The number of carbonyl (C=O) groups is 1. The Morgan fingerprint density at radius 3 is 2.37 bits per heavy atom. The third kappa shape index (κ3) is 7.19. The fourth-order valence-electron chi connectivity index (χ4n) is 4.81. The molecular weight excluding hydrogens is 400 g/mol. The Morgan fingerprint density at radius 2 is 1.83 bits per heavy atom. The number of anilines is 1. The van der Waals surface area contributed by atoms with E-state index in [2.05, 4.69) is 31.1 Å². The van der Waals surface area contributed by atoms with Gasteiger partial charge in [-0.15, -0.1) is 0 Å². The lowest BCUT2D eigenvalue weighted by Crippen LogP contribution is -2.40. The molecule has 1 saturated carbocycles. The summed E-state index contributed by atoms with van der Waals surface area (Å²) in [4.78, 5) is 16.4. The molecule has 0 aliphatic heterocycles. The number of alkyl halides is 1. The van der Waals surface area contributed by atoms with E-state index in [9.17, 15) is 4.79 Å². The van der Waals surface area contributed by atoms with Crippen LogP contribution in [0.5, 0.6) is 0 Å². The molecule has 30 heavy (non-hydrogen) atoms. The van der Waals surface area contributed by atoms with Crippen molar-refractivity contribution < 1.29 is 14.3 Å². The summed E-state index contributed by atoms with van der Waals surface area (Å²) in [5.74, 6) is 2.00. The van der Waals surface area contributed by atoms with Crippen LogP contribution in [0.2, 0.25) is 0 Å². The number of hydrogen-bond donors (Lipinski definition) is 2. The molecule has 3 atom stereocenters. The summed E-state index contributed by atoms with van der Waals surface area (Å²) in [6, 6.07) is 0. The molecular formula is C24H41ClN2O3. The van der Waals surface area contributed by atoms with Crippen molar-refractivity contribution >= 4 is 23.4 Å². The van der Waals surface area contributed by atoms with Crippen molar-refractivity contribution in [2.24, 2.45) is 17.8 Å². The molecule has 6 heteroatoms. The average Bonchev–Trinajstić information content (AvgIpc) is 3.06. The summed E-state index contributed by atoms with van der Waals surface area (Å²) >= 11 is 5.84. The highest BCUT2D eigenvalue weighted by atomic mass is 35.5. The second kappa shape index (κ2) is 12.6. The molecule has 0 amide bonds. The first-order valence-corrected chi connectivity index (χ1v) is 12.2. The van der Waals surface area contributed by atoms with Crippen molar-refractivity contribution in [2.45, 2.75) is 97.7 Å². The minimum absolute atomic E-state index is 0.00747. The van der Waals surface area contributed by atoms with Gasteiger partial charge in [-0.25, -0.2) is 4.79 Å². The lowest BCUT2D eigenvalue weighted by atomic mass is 9.70. The van der Waals surface area contributed by atoms with Crippen molar-refractivity contribution in [2.75, 3.05) is 12.0 Å². The second-order valence-corrected chi connectivity index (χ2v) is 9.62. The van der Waals surface area contributed by atoms with Gasteiger partial charge in [0, 0.05) is 6.20 Å². The summed E-state index contributed by atoms with van der Waals surface area (Å²) in [6.45, 7) is 10.7. The van der Waals surface area contributed by atoms with E-state index in [1.54, 1.807) is 6.92 Å². The van der Waals surface area contributed by atoms with Gasteiger partial charge < -0.3 is 19.8 Å². The van der Waals surface area contributed by atoms with Crippen LogP contribution >= 0.6 is 11.6 Å². The molecule has 0 bridgehead atoms. The number of halogens is 1. The predicted molar refractivity (Wildman–Crippen MR) is 124 cm³/mol. The minimum Gasteiger partial charge on any atom is -0.458 e. The average molecular weight is 441 g/mol. The third-order valence-corrected chi connectivity index (χ3v) is 6.41. The van der Waals surface area contributed by atoms with Crippen molar-refractivity contribution in [3.8, 4) is 0 Å². The van der Waals surface area contributed by atoms with Crippen LogP contribution in [0.15, 0.2) is 6.20 Å². The van der Waals surface area contributed by atoms with E-state index in [0.29, 0.717) is 29.1 Å². The van der Waals surface area contributed by atoms with Crippen LogP contribution in [0.1, 0.15) is 95.0 Å². The fourth-order valence-corrected chi connectivity index (χ4v) is 4.87. The highest BCUT2D eigenvalue weighted by Gasteiger charge is 2.38. The summed E-state index contributed by atoms with van der Waals surface area (Å²) in [6.07, 6.45) is 11.2. The molecule has 1 heterocycles. The molecule has 1 aliphatic carbocycles. The van der Waals surface area contributed by atoms with Crippen molar-refractivity contribution in [1.29, 1.82) is 0 Å². The van der Waals surface area contributed by atoms with Crippen molar-refractivity contribution in [1.82, 2.24) is 4.98 Å². The molecule has 0 aromatic carbocycles. The number of esters is 1. The first-order valence-electron chi connectivity index (χ1n) is 11.8. The Bertz CT molecular complexity index is 628. The van der Waals surface area contributed by atoms with Crippen molar-refractivity contribution in [3.63, 3.8) is 0 Å². The molecule has 1 aromatic heterocycles. The monoisotopic (exact) mass is 440 g/mol. The topological polar surface area (TPSA) is 63.4 Å². The number of aryl methyl sites for hydroxylation is 1. The maximum Gasteiger partial charge on any atom is 0.342 e. The Balaban J connectivity index is 2.16. The molecule has 0 saturated heterocycles. The van der Waals surface area contributed by atoms with Gasteiger partial charge >= 0.3 is 5.97 Å². The van der Waals surface area contributed by atoms with E-state index in [0.717, 1.165) is 31.2 Å². The number of nitrogens with one attached hydrogen (secondary N) is 2. The number of aromatic nitrogens is 1. The molecule has 2 N–H and O–H groups in total. The minimum atomic E-state index is -0.396. The van der Waals surface area contributed by atoms with Crippen LogP contribution in [-0.2, 0) is 9.47 Å². The van der Waals surface area contributed by atoms with Gasteiger partial charge in [0.15, 0.2) is 0 Å². The number of ether oxygens (including phenoxy) is 2. The van der Waals surface area contributed by atoms with Crippen molar-refractivity contribution in [3.05, 3.63) is 17.3 Å². The standard InChI is InChI=1S/C24H41ClN2O3/c1-6-8-10-19-12-16(3)13-20(11-9-7-2)22(19)30-24(28)21-17(4)14-26-23(21)27-15-29-18(5)25/h14,16,18-20,22,26-27H,6-13,15H2,1-5H3. The molecule has 1 aliphatic rings. The zero-order valence-corrected chi connectivity index (χ0v) is 20.2. The Labute approximate surface area is 187 Å². The molecule has 1 aromatic rings. The first-order chi connectivity index (χ1) is 14.4. The van der Waals surface area contributed by atoms with Gasteiger partial charge in [0.05, 0.1) is 0 Å². The van der Waals surface area contributed by atoms with Crippen LogP contribution in [0.25, 0.3) is 0 Å². The summed E-state index contributed by atoms with van der Waals surface area (Å²) < 4.78 is 11.6. The number of carbonyl (C=O) groups excluding carboxylic acids is 1. The molecule has 0 spiro atoms. The zero-order chi connectivity index (χ0) is 22.1. The molecule has 172 valence electrons. The quantitative estimate of drug-likeness (QED) is 0.211. The maximum atomic E-state index is 13.3. The summed E-state index contributed by atoms with van der Waals surface area (Å²) in [5, 5.41) is 3.12. The lowest BCUT2D eigenvalue weighted by molar-refractivity contribution is -0.0393. The van der Waals surface area contributed by atoms with Gasteiger partial charge in [0.1, 0.15) is 29.8 Å². The van der Waals surface area contributed by atoms with Crippen LogP contribution in [0, 0.1) is 24.7 Å². The summed E-state index contributed by atoms with van der Waals surface area (Å²) in [7, 11) is 0. The van der Waals surface area contributed by atoms with Crippen LogP contribution in [0.3, 0.4) is 0 Å². The van der Waals surface area contributed by atoms with Gasteiger partial charge in [0.2, 0.25) is 0 Å². The fraction of sp³-hybridized carbons (Fsp3) is 0.792. The maximum absolute atomic E-state index is 13.3. The number of rotatable bonds is 12. The van der Waals surface area contributed by atoms with Gasteiger partial charge in [-0.3, -0.25) is 0 Å². The predicted octanol–water partition coefficient (Wildman–Crippen LogP) is 6.86. The molecule has 2 rings (SSSR count). The van der Waals surface area contributed by atoms with Crippen LogP contribution < -0.4 is 5.32 Å². The number of H-pyrrole nitrogens is 1. The van der Waals surface area contributed by atoms with E-state index >= 15 is 0 Å². The molecule has 1 fully saturated rings. The smallest absolute Gasteiger partial charge is 0.342 e. The SMILES string of the molecule is CCCCC1CC(C)CC(CCCC)C1OC(=O)c1c(C)c[nH]c1NCOC(C)Cl. The van der Waals surface area contributed by atoms with E-state index in [4.69, 9.17) is 21.1 Å². The van der Waals surface area contributed by atoms with E-state index in [1.807, 2.05) is 13.1 Å². The van der Waals surface area contributed by atoms with Gasteiger partial charge in [-0.2, -0.15) is 0 Å². The summed E-state index contributed by atoms with van der Waals surface area (Å²) in [5.41, 5.74) is 1.05. The third-order valence-electron chi connectivity index (χ3n) is 6.28. The van der Waals surface area contributed by atoms with E-state index < -0.39 is 5.56 Å². The molecule has 3 unspecified atom stereocenters. The number of hydrogen-bond acceptors (Lipinski definition) is 4. The van der Waals surface area contributed by atoms with Gasteiger partial charge in [-0.05, 0) is 62.8 Å². The van der Waals surface area contributed by atoms with Gasteiger partial charge in [0.25, 0.3) is 0 Å². The Morgan fingerprint density at radius 1 is 1.23 bits per heavy atom. The number of unbranched alkanes of at least 4 members (excludes halogenated alkanes) is 2. The van der Waals surface area contributed by atoms with Crippen LogP contribution in [0.4, 0.5) is 5.82 Å². The highest BCUT2D eigenvalue weighted by Crippen LogP contribution is 2.41. The van der Waals surface area contributed by atoms with Gasteiger partial charge in [-0.1, -0.05) is 58.1 Å². The second-order valence-electron chi connectivity index (χ2n) is 9.00. The highest BCUT2D eigenvalue weighted by molar-refractivity contribution is 6.19. The molecule has 0 radical (unpaired) electrons.